The number of aryl methyl sites for hydroxylation is 3. The Morgan fingerprint density at radius 1 is 1.15 bits per heavy atom. The van der Waals surface area contributed by atoms with E-state index >= 15 is 0 Å². The molecule has 0 fully saturated rings. The highest BCUT2D eigenvalue weighted by molar-refractivity contribution is 14.0. The topological polar surface area (TPSA) is 91.3 Å². The molecule has 3 N–H and O–H groups in total. The first-order valence-corrected chi connectivity index (χ1v) is 9.40. The summed E-state index contributed by atoms with van der Waals surface area (Å²) in [4.78, 5) is 26.2. The molecule has 2 aromatic heterocycles. The van der Waals surface area contributed by atoms with Crippen LogP contribution >= 0.6 is 35.3 Å². The van der Waals surface area contributed by atoms with E-state index < -0.39 is 0 Å². The second-order valence-corrected chi connectivity index (χ2v) is 7.18. The monoisotopic (exact) mass is 502 g/mol. The summed E-state index contributed by atoms with van der Waals surface area (Å²) in [6.45, 7) is 7.24. The van der Waals surface area contributed by atoms with Gasteiger partial charge in [0, 0.05) is 43.5 Å². The van der Waals surface area contributed by atoms with Crippen LogP contribution in [0.25, 0.3) is 0 Å². The Morgan fingerprint density at radius 3 is 2.52 bits per heavy atom. The number of aliphatic imine (C=N–C) groups is 1. The molecule has 0 unspecified atom stereocenters. The fraction of sp³-hybridized carbons (Fsp3) is 0.444. The van der Waals surface area contributed by atoms with Crippen molar-refractivity contribution in [2.45, 2.75) is 33.6 Å². The molecule has 0 aliphatic rings. The fourth-order valence-corrected chi connectivity index (χ4v) is 3.20. The van der Waals surface area contributed by atoms with E-state index in [2.05, 4.69) is 37.8 Å². The highest BCUT2D eigenvalue weighted by Crippen LogP contribution is 2.16. The van der Waals surface area contributed by atoms with Crippen molar-refractivity contribution in [2.75, 3.05) is 25.5 Å². The van der Waals surface area contributed by atoms with E-state index in [0.29, 0.717) is 24.7 Å². The van der Waals surface area contributed by atoms with Crippen molar-refractivity contribution in [2.24, 2.45) is 4.99 Å². The van der Waals surface area contributed by atoms with E-state index in [0.717, 1.165) is 29.4 Å². The van der Waals surface area contributed by atoms with Gasteiger partial charge in [-0.25, -0.2) is 9.97 Å². The maximum Gasteiger partial charge on any atom is 0.227 e. The number of hydrogen-bond donors (Lipinski definition) is 3. The lowest BCUT2D eigenvalue weighted by atomic mass is 10.3. The predicted octanol–water partition coefficient (Wildman–Crippen LogP) is 2.82. The molecule has 7 nitrogen and oxygen atoms in total. The Hall–Kier alpha value is -1.75. The molecule has 0 aliphatic carbocycles. The van der Waals surface area contributed by atoms with Gasteiger partial charge in [0.15, 0.2) is 5.96 Å². The number of anilines is 1. The van der Waals surface area contributed by atoms with Crippen molar-refractivity contribution in [3.63, 3.8) is 0 Å². The number of hydrogen-bond acceptors (Lipinski definition) is 5. The standard InChI is InChI=1S/C18H26N6OS.HI/c1-12-6-5-7-15(22-12)24-16(25)8-10-20-18(19-4)21-11-9-17-23-13(2)14(3)26-17;/h5-7H,8-11H2,1-4H3,(H2,19,20,21)(H,22,24,25);1H. The van der Waals surface area contributed by atoms with Crippen molar-refractivity contribution >= 4 is 53.0 Å². The van der Waals surface area contributed by atoms with Crippen LogP contribution in [0, 0.1) is 20.8 Å². The number of thiazole rings is 1. The van der Waals surface area contributed by atoms with E-state index in [1.54, 1.807) is 24.5 Å². The first kappa shape index (κ1) is 23.3. The SMILES string of the molecule is CN=C(NCCC(=O)Nc1cccc(C)n1)NCCc1nc(C)c(C)s1.I. The Bertz CT molecular complexity index is 757. The molecule has 2 rings (SSSR count). The third-order valence-corrected chi connectivity index (χ3v) is 4.86. The minimum absolute atomic E-state index is 0. The van der Waals surface area contributed by atoms with E-state index in [4.69, 9.17) is 0 Å². The Kier molecular flexibility index (Phi) is 10.2. The van der Waals surface area contributed by atoms with Crippen LogP contribution in [-0.4, -0.2) is 42.0 Å². The highest BCUT2D eigenvalue weighted by atomic mass is 127. The molecule has 0 atom stereocenters. The van der Waals surface area contributed by atoms with Gasteiger partial charge in [-0.3, -0.25) is 9.79 Å². The lowest BCUT2D eigenvalue weighted by Gasteiger charge is -2.11. The molecular formula is C18H27IN6OS. The van der Waals surface area contributed by atoms with Crippen LogP contribution < -0.4 is 16.0 Å². The molecule has 0 saturated heterocycles. The largest absolute Gasteiger partial charge is 0.356 e. The first-order valence-electron chi connectivity index (χ1n) is 8.59. The molecule has 148 valence electrons. The smallest absolute Gasteiger partial charge is 0.227 e. The molecule has 0 saturated carbocycles. The van der Waals surface area contributed by atoms with E-state index in [1.165, 1.54) is 4.88 Å². The summed E-state index contributed by atoms with van der Waals surface area (Å²) in [5.74, 6) is 1.17. The Balaban J connectivity index is 0.00000364. The average molecular weight is 502 g/mol. The van der Waals surface area contributed by atoms with Gasteiger partial charge in [-0.05, 0) is 32.9 Å². The summed E-state index contributed by atoms with van der Waals surface area (Å²) in [5, 5.41) is 10.3. The molecular weight excluding hydrogens is 475 g/mol. The van der Waals surface area contributed by atoms with Crippen LogP contribution in [0.1, 0.15) is 27.7 Å². The zero-order chi connectivity index (χ0) is 18.9. The van der Waals surface area contributed by atoms with Gasteiger partial charge < -0.3 is 16.0 Å². The van der Waals surface area contributed by atoms with E-state index in [-0.39, 0.29) is 29.9 Å². The molecule has 0 radical (unpaired) electrons. The number of aromatic nitrogens is 2. The zero-order valence-corrected chi connectivity index (χ0v) is 19.3. The zero-order valence-electron chi connectivity index (χ0n) is 16.1. The highest BCUT2D eigenvalue weighted by Gasteiger charge is 2.06. The Morgan fingerprint density at radius 2 is 1.89 bits per heavy atom. The van der Waals surface area contributed by atoms with Crippen LogP contribution in [0.3, 0.4) is 0 Å². The van der Waals surface area contributed by atoms with Crippen molar-refractivity contribution < 1.29 is 4.79 Å². The average Bonchev–Trinajstić information content (AvgIpc) is 2.91. The molecule has 0 spiro atoms. The summed E-state index contributed by atoms with van der Waals surface area (Å²) in [6.07, 6.45) is 1.18. The van der Waals surface area contributed by atoms with Crippen molar-refractivity contribution in [1.82, 2.24) is 20.6 Å². The van der Waals surface area contributed by atoms with Crippen molar-refractivity contribution in [1.29, 1.82) is 0 Å². The number of halogens is 1. The lowest BCUT2D eigenvalue weighted by molar-refractivity contribution is -0.116. The molecule has 1 amide bonds. The summed E-state index contributed by atoms with van der Waals surface area (Å²) < 4.78 is 0. The van der Waals surface area contributed by atoms with Crippen LogP contribution in [0.15, 0.2) is 23.2 Å². The van der Waals surface area contributed by atoms with Gasteiger partial charge in [0.1, 0.15) is 5.82 Å². The minimum Gasteiger partial charge on any atom is -0.356 e. The molecule has 2 aromatic rings. The van der Waals surface area contributed by atoms with Gasteiger partial charge >= 0.3 is 0 Å². The summed E-state index contributed by atoms with van der Waals surface area (Å²) in [7, 11) is 1.71. The molecule has 0 bridgehead atoms. The van der Waals surface area contributed by atoms with Gasteiger partial charge in [-0.2, -0.15) is 0 Å². The van der Waals surface area contributed by atoms with Crippen molar-refractivity contribution in [3.8, 4) is 0 Å². The number of amides is 1. The number of nitrogens with zero attached hydrogens (tertiary/aromatic N) is 3. The van der Waals surface area contributed by atoms with Gasteiger partial charge in [0.2, 0.25) is 5.91 Å². The summed E-state index contributed by atoms with van der Waals surface area (Å²) >= 11 is 1.73. The number of nitrogens with one attached hydrogen (secondary N) is 3. The van der Waals surface area contributed by atoms with Crippen LogP contribution in [0.2, 0.25) is 0 Å². The normalized spacial score (nSPS) is 10.9. The second kappa shape index (κ2) is 11.9. The molecule has 0 aliphatic heterocycles. The van der Waals surface area contributed by atoms with Gasteiger partial charge in [-0.1, -0.05) is 6.07 Å². The van der Waals surface area contributed by atoms with Gasteiger partial charge in [-0.15, -0.1) is 35.3 Å². The fourth-order valence-electron chi connectivity index (χ4n) is 2.27. The Labute approximate surface area is 181 Å². The number of rotatable bonds is 7. The maximum atomic E-state index is 12.0. The van der Waals surface area contributed by atoms with Crippen LogP contribution in [0.5, 0.6) is 0 Å². The van der Waals surface area contributed by atoms with E-state index in [9.17, 15) is 4.79 Å². The molecule has 9 heteroatoms. The number of guanidine groups is 1. The quantitative estimate of drug-likeness (QED) is 0.308. The molecule has 0 aromatic carbocycles. The van der Waals surface area contributed by atoms with Gasteiger partial charge in [0.25, 0.3) is 0 Å². The van der Waals surface area contributed by atoms with E-state index in [1.807, 2.05) is 26.0 Å². The summed E-state index contributed by atoms with van der Waals surface area (Å²) in [6, 6.07) is 5.54. The van der Waals surface area contributed by atoms with Crippen LogP contribution in [0.4, 0.5) is 5.82 Å². The first-order chi connectivity index (χ1) is 12.5. The minimum atomic E-state index is -0.0835. The molecule has 27 heavy (non-hydrogen) atoms. The second-order valence-electron chi connectivity index (χ2n) is 5.89. The third kappa shape index (κ3) is 8.21. The van der Waals surface area contributed by atoms with Crippen molar-refractivity contribution in [3.05, 3.63) is 39.5 Å². The lowest BCUT2D eigenvalue weighted by Crippen LogP contribution is -2.39. The number of carbonyl (C=O) groups excluding carboxylic acids is 1. The molecule has 2 heterocycles. The predicted molar refractivity (Wildman–Crippen MR) is 122 cm³/mol. The van der Waals surface area contributed by atoms with Crippen LogP contribution in [-0.2, 0) is 11.2 Å². The number of carbonyl (C=O) groups is 1. The number of pyridine rings is 1. The summed E-state index contributed by atoms with van der Waals surface area (Å²) in [5.41, 5.74) is 1.97. The maximum absolute atomic E-state index is 12.0. The van der Waals surface area contributed by atoms with Gasteiger partial charge in [0.05, 0.1) is 10.7 Å². The third-order valence-electron chi connectivity index (χ3n) is 3.73.